The van der Waals surface area contributed by atoms with E-state index in [4.69, 9.17) is 18.9 Å². The summed E-state index contributed by atoms with van der Waals surface area (Å²) in [5, 5.41) is 5.78. The van der Waals surface area contributed by atoms with Crippen molar-refractivity contribution in [1.82, 2.24) is 10.3 Å². The Morgan fingerprint density at radius 1 is 0.912 bits per heavy atom. The highest BCUT2D eigenvalue weighted by molar-refractivity contribution is 7.16. The first-order valence-electron chi connectivity index (χ1n) is 10.3. The Morgan fingerprint density at radius 2 is 1.56 bits per heavy atom. The fraction of sp³-hybridized carbons (Fsp3) is 0.292. The minimum atomic E-state index is -0.459. The Morgan fingerprint density at radius 3 is 2.12 bits per heavy atom. The van der Waals surface area contributed by atoms with Gasteiger partial charge in [0.05, 0.1) is 40.7 Å². The van der Waals surface area contributed by atoms with Gasteiger partial charge in [0.25, 0.3) is 5.91 Å². The molecule has 1 heterocycles. The molecule has 0 aliphatic carbocycles. The second kappa shape index (κ2) is 10.9. The van der Waals surface area contributed by atoms with Crippen molar-refractivity contribution in [3.8, 4) is 34.3 Å². The lowest BCUT2D eigenvalue weighted by atomic mass is 10.1. The molecule has 9 nitrogen and oxygen atoms in total. The molecule has 2 aromatic carbocycles. The summed E-state index contributed by atoms with van der Waals surface area (Å²) in [7, 11) is 6.03. The Balaban J connectivity index is 1.66. The number of carbonyl (C=O) groups is 2. The van der Waals surface area contributed by atoms with E-state index in [1.807, 2.05) is 32.0 Å². The minimum Gasteiger partial charge on any atom is -0.496 e. The maximum Gasteiger partial charge on any atom is 0.251 e. The minimum absolute atomic E-state index is 0.231. The van der Waals surface area contributed by atoms with Crippen LogP contribution in [0.4, 0.5) is 5.13 Å². The van der Waals surface area contributed by atoms with Gasteiger partial charge in [0.2, 0.25) is 11.7 Å². The Labute approximate surface area is 202 Å². The van der Waals surface area contributed by atoms with E-state index in [2.05, 4.69) is 15.6 Å². The van der Waals surface area contributed by atoms with Crippen molar-refractivity contribution in [3.63, 3.8) is 0 Å². The maximum absolute atomic E-state index is 12.6. The van der Waals surface area contributed by atoms with Gasteiger partial charge in [-0.05, 0) is 49.7 Å². The third-order valence-corrected chi connectivity index (χ3v) is 5.93. The summed E-state index contributed by atoms with van der Waals surface area (Å²) >= 11 is 1.36. The zero-order chi connectivity index (χ0) is 24.8. The molecule has 3 rings (SSSR count). The molecule has 0 fully saturated rings. The van der Waals surface area contributed by atoms with Crippen LogP contribution in [0.3, 0.4) is 0 Å². The van der Waals surface area contributed by atoms with Gasteiger partial charge < -0.3 is 29.6 Å². The predicted molar refractivity (Wildman–Crippen MR) is 131 cm³/mol. The van der Waals surface area contributed by atoms with Crippen molar-refractivity contribution in [2.24, 2.45) is 0 Å². The second-order valence-corrected chi connectivity index (χ2v) is 8.46. The van der Waals surface area contributed by atoms with Gasteiger partial charge in [-0.15, -0.1) is 11.3 Å². The van der Waals surface area contributed by atoms with Crippen LogP contribution in [0.15, 0.2) is 30.3 Å². The fourth-order valence-corrected chi connectivity index (χ4v) is 4.23. The number of methoxy groups -OCH3 is 4. The number of carbonyl (C=O) groups excluding carboxylic acids is 2. The Kier molecular flexibility index (Phi) is 7.95. The van der Waals surface area contributed by atoms with E-state index in [-0.39, 0.29) is 12.1 Å². The van der Waals surface area contributed by atoms with E-state index >= 15 is 0 Å². The first-order chi connectivity index (χ1) is 16.3. The van der Waals surface area contributed by atoms with Gasteiger partial charge >= 0.3 is 0 Å². The van der Waals surface area contributed by atoms with Crippen LogP contribution in [0.25, 0.3) is 11.3 Å². The molecule has 1 aromatic heterocycles. The molecule has 10 heteroatoms. The first kappa shape index (κ1) is 24.8. The molecular formula is C24H27N3O6S. The lowest BCUT2D eigenvalue weighted by Crippen LogP contribution is -2.32. The molecule has 0 bridgehead atoms. The Bertz CT molecular complexity index is 1180. The van der Waals surface area contributed by atoms with Gasteiger partial charge in [0.15, 0.2) is 16.6 Å². The summed E-state index contributed by atoms with van der Waals surface area (Å²) < 4.78 is 21.1. The molecule has 2 N–H and O–H groups in total. The quantitative estimate of drug-likeness (QED) is 0.474. The summed E-state index contributed by atoms with van der Waals surface area (Å²) in [6.07, 6.45) is 0. The topological polar surface area (TPSA) is 108 Å². The fourth-order valence-electron chi connectivity index (χ4n) is 3.38. The number of hydrogen-bond donors (Lipinski definition) is 2. The molecule has 0 saturated carbocycles. The number of amides is 2. The van der Waals surface area contributed by atoms with Crippen molar-refractivity contribution in [1.29, 1.82) is 0 Å². The Hall–Kier alpha value is -3.79. The highest BCUT2D eigenvalue weighted by atomic mass is 32.1. The number of nitrogens with zero attached hydrogens (tertiary/aromatic N) is 1. The normalized spacial score (nSPS) is 10.4. The summed E-state index contributed by atoms with van der Waals surface area (Å²) in [6.45, 7) is 3.67. The number of nitrogens with one attached hydrogen (secondary N) is 2. The lowest BCUT2D eigenvalue weighted by Gasteiger charge is -2.14. The largest absolute Gasteiger partial charge is 0.496 e. The van der Waals surface area contributed by atoms with Crippen LogP contribution in [0.2, 0.25) is 0 Å². The van der Waals surface area contributed by atoms with E-state index in [1.165, 1.54) is 44.8 Å². The van der Waals surface area contributed by atoms with Gasteiger partial charge in [0.1, 0.15) is 5.75 Å². The highest BCUT2D eigenvalue weighted by Gasteiger charge is 2.18. The summed E-state index contributed by atoms with van der Waals surface area (Å²) in [6, 6.07) is 8.84. The average Bonchev–Trinajstić information content (AvgIpc) is 3.20. The number of thiazole rings is 1. The van der Waals surface area contributed by atoms with Crippen LogP contribution in [-0.2, 0) is 4.79 Å². The molecule has 3 aromatic rings. The number of rotatable bonds is 9. The molecule has 180 valence electrons. The van der Waals surface area contributed by atoms with Crippen LogP contribution in [0.1, 0.15) is 20.8 Å². The number of aromatic nitrogens is 1. The van der Waals surface area contributed by atoms with Crippen LogP contribution >= 0.6 is 11.3 Å². The molecule has 0 spiro atoms. The third kappa shape index (κ3) is 5.40. The SMILES string of the molecule is COc1ccc(-c2nc(NC(=O)CNC(=O)c3cc(OC)c(OC)c(OC)c3)sc2C)cc1C. The van der Waals surface area contributed by atoms with Gasteiger partial charge in [-0.1, -0.05) is 0 Å². The maximum atomic E-state index is 12.6. The lowest BCUT2D eigenvalue weighted by molar-refractivity contribution is -0.115. The predicted octanol–water partition coefficient (Wildman–Crippen LogP) is 3.83. The zero-order valence-electron chi connectivity index (χ0n) is 19.9. The third-order valence-electron chi connectivity index (χ3n) is 5.05. The second-order valence-electron chi connectivity index (χ2n) is 7.25. The molecule has 0 aliphatic heterocycles. The summed E-state index contributed by atoms with van der Waals surface area (Å²) in [4.78, 5) is 30.6. The number of hydrogen-bond acceptors (Lipinski definition) is 8. The van der Waals surface area contributed by atoms with Gasteiger partial charge in [0, 0.05) is 16.0 Å². The highest BCUT2D eigenvalue weighted by Crippen LogP contribution is 2.38. The molecule has 34 heavy (non-hydrogen) atoms. The van der Waals surface area contributed by atoms with Crippen LogP contribution in [0.5, 0.6) is 23.0 Å². The smallest absolute Gasteiger partial charge is 0.251 e. The van der Waals surface area contributed by atoms with Crippen molar-refractivity contribution in [2.45, 2.75) is 13.8 Å². The molecule has 0 atom stereocenters. The van der Waals surface area contributed by atoms with E-state index in [9.17, 15) is 9.59 Å². The van der Waals surface area contributed by atoms with Crippen LogP contribution in [0, 0.1) is 13.8 Å². The van der Waals surface area contributed by atoms with Crippen molar-refractivity contribution >= 4 is 28.3 Å². The molecule has 0 radical (unpaired) electrons. The standard InChI is InChI=1S/C24H27N3O6S/c1-13-9-15(7-8-17(13)30-3)21-14(2)34-24(27-21)26-20(28)12-25-23(29)16-10-18(31-4)22(33-6)19(11-16)32-5/h7-11H,12H2,1-6H3,(H,25,29)(H,26,27,28). The van der Waals surface area contributed by atoms with Gasteiger partial charge in [-0.25, -0.2) is 4.98 Å². The molecule has 2 amide bonds. The molecule has 0 aliphatic rings. The molecule has 0 saturated heterocycles. The molecular weight excluding hydrogens is 458 g/mol. The van der Waals surface area contributed by atoms with Crippen LogP contribution < -0.4 is 29.6 Å². The van der Waals surface area contributed by atoms with E-state index in [1.54, 1.807) is 7.11 Å². The van der Waals surface area contributed by atoms with Crippen molar-refractivity contribution in [3.05, 3.63) is 46.3 Å². The number of ether oxygens (including phenoxy) is 4. The summed E-state index contributed by atoms with van der Waals surface area (Å²) in [5.41, 5.74) is 2.98. The van der Waals surface area contributed by atoms with Crippen molar-refractivity contribution < 1.29 is 28.5 Å². The van der Waals surface area contributed by atoms with E-state index in [0.717, 1.165) is 27.4 Å². The monoisotopic (exact) mass is 485 g/mol. The number of benzene rings is 2. The van der Waals surface area contributed by atoms with E-state index in [0.29, 0.717) is 22.4 Å². The van der Waals surface area contributed by atoms with Crippen molar-refractivity contribution in [2.75, 3.05) is 40.3 Å². The van der Waals surface area contributed by atoms with Crippen LogP contribution in [-0.4, -0.2) is 51.8 Å². The number of aryl methyl sites for hydroxylation is 2. The number of anilines is 1. The zero-order valence-corrected chi connectivity index (χ0v) is 20.7. The first-order valence-corrected chi connectivity index (χ1v) is 11.1. The summed E-state index contributed by atoms with van der Waals surface area (Å²) in [5.74, 6) is 1.01. The van der Waals surface area contributed by atoms with E-state index < -0.39 is 11.8 Å². The average molecular weight is 486 g/mol. The van der Waals surface area contributed by atoms with Gasteiger partial charge in [-0.3, -0.25) is 9.59 Å². The van der Waals surface area contributed by atoms with Gasteiger partial charge in [-0.2, -0.15) is 0 Å². The molecule has 0 unspecified atom stereocenters.